The molecule has 5 heteroatoms. The molecule has 2 heterocycles. The molecule has 2 unspecified atom stereocenters. The van der Waals surface area contributed by atoms with Crippen molar-refractivity contribution < 1.29 is 24.1 Å². The van der Waals surface area contributed by atoms with E-state index in [1.54, 1.807) is 0 Å². The minimum Gasteiger partial charge on any atom is -0.481 e. The molecule has 0 radical (unpaired) electrons. The normalized spacial score (nSPS) is 34.5. The Bertz CT molecular complexity index is 246. The van der Waals surface area contributed by atoms with Gasteiger partial charge in [0.05, 0.1) is 25.7 Å². The van der Waals surface area contributed by atoms with Gasteiger partial charge in [-0.15, -0.1) is 0 Å². The lowest BCUT2D eigenvalue weighted by Crippen LogP contribution is -2.51. The van der Waals surface area contributed by atoms with E-state index in [0.29, 0.717) is 19.6 Å². The Morgan fingerprint density at radius 2 is 2.13 bits per heavy atom. The van der Waals surface area contributed by atoms with Gasteiger partial charge in [0, 0.05) is 6.42 Å². The Hall–Kier alpha value is -0.650. The maximum absolute atomic E-state index is 10.7. The number of carboxylic acids is 1. The van der Waals surface area contributed by atoms with Crippen LogP contribution < -0.4 is 0 Å². The molecular formula is C10H16O5. The van der Waals surface area contributed by atoms with Crippen molar-refractivity contribution in [1.82, 2.24) is 0 Å². The van der Waals surface area contributed by atoms with Gasteiger partial charge in [0.2, 0.25) is 0 Å². The van der Waals surface area contributed by atoms with Crippen molar-refractivity contribution >= 4 is 5.97 Å². The molecule has 2 aliphatic rings. The van der Waals surface area contributed by atoms with Gasteiger partial charge in [-0.1, -0.05) is 0 Å². The zero-order chi connectivity index (χ0) is 10.9. The van der Waals surface area contributed by atoms with Crippen LogP contribution in [-0.4, -0.2) is 42.3 Å². The Kier molecular flexibility index (Phi) is 2.95. The number of hydrogen-bond donors (Lipinski definition) is 1. The van der Waals surface area contributed by atoms with Crippen LogP contribution in [0.3, 0.4) is 0 Å². The topological polar surface area (TPSA) is 65.0 Å². The molecule has 86 valence electrons. The Morgan fingerprint density at radius 3 is 2.73 bits per heavy atom. The van der Waals surface area contributed by atoms with Gasteiger partial charge in [0.25, 0.3) is 0 Å². The van der Waals surface area contributed by atoms with Crippen LogP contribution in [0.4, 0.5) is 0 Å². The van der Waals surface area contributed by atoms with E-state index in [2.05, 4.69) is 0 Å². The van der Waals surface area contributed by atoms with Crippen LogP contribution in [0.2, 0.25) is 0 Å². The summed E-state index contributed by atoms with van der Waals surface area (Å²) in [6.45, 7) is 2.98. The fraction of sp³-hybridized carbons (Fsp3) is 0.900. The van der Waals surface area contributed by atoms with Crippen LogP contribution >= 0.6 is 0 Å². The predicted molar refractivity (Wildman–Crippen MR) is 50.5 cm³/mol. The second-order valence-corrected chi connectivity index (χ2v) is 4.08. The predicted octanol–water partition coefficient (Wildman–Crippen LogP) is 0.772. The SMILES string of the molecule is CC1CCC2(OCCO2)C(CC(=O)O)O1. The quantitative estimate of drug-likeness (QED) is 0.738. The molecule has 2 saturated heterocycles. The van der Waals surface area contributed by atoms with Crippen molar-refractivity contribution in [2.45, 2.75) is 44.2 Å². The van der Waals surface area contributed by atoms with E-state index in [0.717, 1.165) is 6.42 Å². The van der Waals surface area contributed by atoms with Crippen molar-refractivity contribution in [2.24, 2.45) is 0 Å². The third-order valence-electron chi connectivity index (χ3n) is 2.92. The van der Waals surface area contributed by atoms with Crippen molar-refractivity contribution in [2.75, 3.05) is 13.2 Å². The second kappa shape index (κ2) is 4.08. The number of carboxylic acid groups (broad SMARTS) is 1. The highest BCUT2D eigenvalue weighted by Gasteiger charge is 2.49. The highest BCUT2D eigenvalue weighted by molar-refractivity contribution is 5.67. The van der Waals surface area contributed by atoms with E-state index in [-0.39, 0.29) is 12.5 Å². The van der Waals surface area contributed by atoms with E-state index >= 15 is 0 Å². The van der Waals surface area contributed by atoms with Crippen molar-refractivity contribution in [3.63, 3.8) is 0 Å². The highest BCUT2D eigenvalue weighted by atomic mass is 16.8. The molecule has 0 aromatic rings. The smallest absolute Gasteiger partial charge is 0.306 e. The number of ether oxygens (including phenoxy) is 3. The Morgan fingerprint density at radius 1 is 1.47 bits per heavy atom. The average molecular weight is 216 g/mol. The third-order valence-corrected chi connectivity index (χ3v) is 2.92. The number of aliphatic carboxylic acids is 1. The fourth-order valence-electron chi connectivity index (χ4n) is 2.18. The van der Waals surface area contributed by atoms with Crippen LogP contribution in [-0.2, 0) is 19.0 Å². The van der Waals surface area contributed by atoms with E-state index in [1.807, 2.05) is 6.92 Å². The number of hydrogen-bond acceptors (Lipinski definition) is 4. The number of rotatable bonds is 2. The molecule has 0 amide bonds. The average Bonchev–Trinajstić information content (AvgIpc) is 2.61. The van der Waals surface area contributed by atoms with Crippen molar-refractivity contribution in [3.05, 3.63) is 0 Å². The summed E-state index contributed by atoms with van der Waals surface area (Å²) in [6.07, 6.45) is 1.08. The first-order valence-electron chi connectivity index (χ1n) is 5.27. The van der Waals surface area contributed by atoms with Gasteiger partial charge in [0.15, 0.2) is 5.79 Å². The zero-order valence-electron chi connectivity index (χ0n) is 8.77. The summed E-state index contributed by atoms with van der Waals surface area (Å²) >= 11 is 0. The van der Waals surface area contributed by atoms with Gasteiger partial charge in [-0.25, -0.2) is 0 Å². The maximum Gasteiger partial charge on any atom is 0.306 e. The molecule has 5 nitrogen and oxygen atoms in total. The fourth-order valence-corrected chi connectivity index (χ4v) is 2.18. The molecule has 1 spiro atoms. The molecule has 0 saturated carbocycles. The van der Waals surface area contributed by atoms with Crippen LogP contribution in [0.15, 0.2) is 0 Å². The van der Waals surface area contributed by atoms with E-state index in [4.69, 9.17) is 19.3 Å². The minimum atomic E-state index is -0.882. The Balaban J connectivity index is 2.09. The molecule has 2 rings (SSSR count). The first kappa shape index (κ1) is 10.9. The molecule has 15 heavy (non-hydrogen) atoms. The molecule has 0 aromatic heterocycles. The molecule has 1 N–H and O–H groups in total. The maximum atomic E-state index is 10.7. The van der Waals surface area contributed by atoms with E-state index in [1.165, 1.54) is 0 Å². The van der Waals surface area contributed by atoms with Gasteiger partial charge < -0.3 is 19.3 Å². The summed E-state index contributed by atoms with van der Waals surface area (Å²) < 4.78 is 16.7. The van der Waals surface area contributed by atoms with Gasteiger partial charge in [0.1, 0.15) is 6.10 Å². The monoisotopic (exact) mass is 216 g/mol. The second-order valence-electron chi connectivity index (χ2n) is 4.08. The van der Waals surface area contributed by atoms with E-state index in [9.17, 15) is 4.79 Å². The van der Waals surface area contributed by atoms with Crippen LogP contribution in [0, 0.1) is 0 Å². The molecule has 2 aliphatic heterocycles. The first-order chi connectivity index (χ1) is 7.12. The standard InChI is InChI=1S/C10H16O5/c1-7-2-3-10(13-4-5-14-10)8(15-7)6-9(11)12/h7-8H,2-6H2,1H3,(H,11,12). The minimum absolute atomic E-state index is 0.0651. The summed E-state index contributed by atoms with van der Waals surface area (Å²) in [7, 11) is 0. The summed E-state index contributed by atoms with van der Waals surface area (Å²) in [5, 5.41) is 8.80. The lowest BCUT2D eigenvalue weighted by Gasteiger charge is -2.40. The zero-order valence-corrected chi connectivity index (χ0v) is 8.77. The van der Waals surface area contributed by atoms with Gasteiger partial charge in [-0.05, 0) is 13.3 Å². The molecule has 0 aromatic carbocycles. The highest BCUT2D eigenvalue weighted by Crippen LogP contribution is 2.37. The largest absolute Gasteiger partial charge is 0.481 e. The van der Waals surface area contributed by atoms with Crippen LogP contribution in [0.5, 0.6) is 0 Å². The molecule has 0 bridgehead atoms. The van der Waals surface area contributed by atoms with Gasteiger partial charge in [-0.3, -0.25) is 4.79 Å². The molecule has 2 fully saturated rings. The summed E-state index contributed by atoms with van der Waals surface area (Å²) in [5.41, 5.74) is 0. The first-order valence-corrected chi connectivity index (χ1v) is 5.27. The lowest BCUT2D eigenvalue weighted by molar-refractivity contribution is -0.273. The summed E-state index contributed by atoms with van der Waals surface area (Å²) in [4.78, 5) is 10.7. The van der Waals surface area contributed by atoms with Gasteiger partial charge >= 0.3 is 5.97 Å². The molecule has 2 atom stereocenters. The lowest BCUT2D eigenvalue weighted by atomic mass is 9.95. The number of carbonyl (C=O) groups is 1. The molecular weight excluding hydrogens is 200 g/mol. The van der Waals surface area contributed by atoms with Crippen LogP contribution in [0.25, 0.3) is 0 Å². The Labute approximate surface area is 88.3 Å². The summed E-state index contributed by atoms with van der Waals surface area (Å²) in [6, 6.07) is 0. The van der Waals surface area contributed by atoms with Crippen molar-refractivity contribution in [1.29, 1.82) is 0 Å². The summed E-state index contributed by atoms with van der Waals surface area (Å²) in [5.74, 6) is -1.68. The van der Waals surface area contributed by atoms with Crippen molar-refractivity contribution in [3.8, 4) is 0 Å². The van der Waals surface area contributed by atoms with Gasteiger partial charge in [-0.2, -0.15) is 0 Å². The van der Waals surface area contributed by atoms with Crippen LogP contribution in [0.1, 0.15) is 26.2 Å². The molecule has 0 aliphatic carbocycles. The van der Waals surface area contributed by atoms with E-state index < -0.39 is 17.9 Å². The third kappa shape index (κ3) is 2.14.